The molecule has 0 atom stereocenters. The maximum atomic E-state index is 12.1. The molecule has 0 bridgehead atoms. The molecular weight excluding hydrogens is 238 g/mol. The Kier molecular flexibility index (Phi) is 4.80. The van der Waals surface area contributed by atoms with Crippen molar-refractivity contribution in [3.05, 3.63) is 36.5 Å². The highest BCUT2D eigenvalue weighted by Crippen LogP contribution is 2.13. The van der Waals surface area contributed by atoms with E-state index in [-0.39, 0.29) is 11.6 Å². The van der Waals surface area contributed by atoms with Gasteiger partial charge in [-0.25, -0.2) is 13.4 Å². The number of pyridine rings is 1. The lowest BCUT2D eigenvalue weighted by Crippen LogP contribution is -2.31. The molecule has 6 heteroatoms. The van der Waals surface area contributed by atoms with E-state index in [1.807, 2.05) is 0 Å². The number of sulfonamides is 1. The van der Waals surface area contributed by atoms with Crippen LogP contribution in [-0.2, 0) is 16.6 Å². The molecule has 0 aliphatic rings. The third-order valence-electron chi connectivity index (χ3n) is 2.32. The third kappa shape index (κ3) is 3.12. The predicted octanol–water partition coefficient (Wildman–Crippen LogP) is 0.737. The summed E-state index contributed by atoms with van der Waals surface area (Å²) in [5.74, 6) is 0. The van der Waals surface area contributed by atoms with Gasteiger partial charge in [0.2, 0.25) is 0 Å². The zero-order valence-electron chi connectivity index (χ0n) is 9.83. The summed E-state index contributed by atoms with van der Waals surface area (Å²) in [4.78, 5) is 3.93. The zero-order chi connectivity index (χ0) is 12.9. The van der Waals surface area contributed by atoms with Crippen LogP contribution in [0.3, 0.4) is 0 Å². The van der Waals surface area contributed by atoms with Crippen LogP contribution in [0.25, 0.3) is 0 Å². The van der Waals surface area contributed by atoms with E-state index in [0.717, 1.165) is 5.56 Å². The summed E-state index contributed by atoms with van der Waals surface area (Å²) in [7, 11) is -3.53. The van der Waals surface area contributed by atoms with Gasteiger partial charge in [0.05, 0.1) is 0 Å². The highest BCUT2D eigenvalue weighted by molar-refractivity contribution is 7.89. The van der Waals surface area contributed by atoms with E-state index >= 15 is 0 Å². The highest BCUT2D eigenvalue weighted by atomic mass is 32.2. The van der Waals surface area contributed by atoms with Gasteiger partial charge in [0.15, 0.2) is 5.03 Å². The van der Waals surface area contributed by atoms with Gasteiger partial charge in [-0.15, -0.1) is 6.58 Å². The van der Waals surface area contributed by atoms with Gasteiger partial charge < -0.3 is 5.73 Å². The van der Waals surface area contributed by atoms with Gasteiger partial charge in [0.25, 0.3) is 10.0 Å². The van der Waals surface area contributed by atoms with Crippen LogP contribution in [0.4, 0.5) is 0 Å². The molecule has 1 aromatic rings. The molecule has 1 aromatic heterocycles. The van der Waals surface area contributed by atoms with Crippen molar-refractivity contribution >= 4 is 10.0 Å². The molecule has 0 aliphatic heterocycles. The van der Waals surface area contributed by atoms with Crippen molar-refractivity contribution in [2.24, 2.45) is 5.73 Å². The van der Waals surface area contributed by atoms with Gasteiger partial charge in [-0.1, -0.05) is 19.1 Å². The number of rotatable bonds is 6. The van der Waals surface area contributed by atoms with Crippen molar-refractivity contribution in [2.75, 3.05) is 13.1 Å². The Morgan fingerprint density at radius 1 is 1.53 bits per heavy atom. The normalized spacial score (nSPS) is 11.7. The lowest BCUT2D eigenvalue weighted by atomic mass is 10.3. The second-order valence-corrected chi connectivity index (χ2v) is 5.34. The maximum Gasteiger partial charge on any atom is 0.260 e. The molecule has 1 rings (SSSR count). The van der Waals surface area contributed by atoms with Crippen LogP contribution in [0.2, 0.25) is 0 Å². The van der Waals surface area contributed by atoms with Crippen molar-refractivity contribution in [2.45, 2.75) is 18.5 Å². The Morgan fingerprint density at radius 2 is 2.24 bits per heavy atom. The fourth-order valence-corrected chi connectivity index (χ4v) is 2.69. The Hall–Kier alpha value is -1.24. The summed E-state index contributed by atoms with van der Waals surface area (Å²) >= 11 is 0. The summed E-state index contributed by atoms with van der Waals surface area (Å²) in [6, 6.07) is 3.14. The van der Waals surface area contributed by atoms with Crippen LogP contribution in [0, 0.1) is 0 Å². The summed E-state index contributed by atoms with van der Waals surface area (Å²) in [6.07, 6.45) is 3.03. The van der Waals surface area contributed by atoms with Gasteiger partial charge in [0, 0.05) is 25.8 Å². The molecule has 0 aliphatic carbocycles. The van der Waals surface area contributed by atoms with Gasteiger partial charge in [0.1, 0.15) is 0 Å². The van der Waals surface area contributed by atoms with E-state index in [2.05, 4.69) is 11.6 Å². The van der Waals surface area contributed by atoms with Crippen molar-refractivity contribution < 1.29 is 8.42 Å². The van der Waals surface area contributed by atoms with Crippen molar-refractivity contribution in [1.82, 2.24) is 9.29 Å². The molecule has 0 saturated heterocycles. The molecule has 5 nitrogen and oxygen atoms in total. The van der Waals surface area contributed by atoms with Crippen LogP contribution < -0.4 is 5.73 Å². The first-order chi connectivity index (χ1) is 8.06. The molecule has 94 valence electrons. The Morgan fingerprint density at radius 3 is 2.65 bits per heavy atom. The second-order valence-electron chi connectivity index (χ2n) is 3.45. The van der Waals surface area contributed by atoms with E-state index in [1.165, 1.54) is 16.6 Å². The summed E-state index contributed by atoms with van der Waals surface area (Å²) < 4.78 is 25.6. The molecule has 2 N–H and O–H groups in total. The zero-order valence-corrected chi connectivity index (χ0v) is 10.7. The second kappa shape index (κ2) is 5.90. The first-order valence-electron chi connectivity index (χ1n) is 5.32. The summed E-state index contributed by atoms with van der Waals surface area (Å²) in [6.45, 7) is 6.32. The topological polar surface area (TPSA) is 76.3 Å². The van der Waals surface area contributed by atoms with Crippen molar-refractivity contribution in [1.29, 1.82) is 0 Å². The van der Waals surface area contributed by atoms with E-state index < -0.39 is 10.0 Å². The number of nitrogens with zero attached hydrogens (tertiary/aromatic N) is 2. The lowest BCUT2D eigenvalue weighted by molar-refractivity contribution is 0.457. The average Bonchev–Trinajstić information content (AvgIpc) is 2.35. The number of hydrogen-bond donors (Lipinski definition) is 1. The molecule has 0 amide bonds. The van der Waals surface area contributed by atoms with Crippen LogP contribution in [-0.4, -0.2) is 30.8 Å². The van der Waals surface area contributed by atoms with E-state index in [9.17, 15) is 8.42 Å². The minimum Gasteiger partial charge on any atom is -0.326 e. The molecule has 0 saturated carbocycles. The molecule has 0 spiro atoms. The van der Waals surface area contributed by atoms with Gasteiger partial charge in [-0.3, -0.25) is 0 Å². The first-order valence-corrected chi connectivity index (χ1v) is 6.76. The fourth-order valence-electron chi connectivity index (χ4n) is 1.36. The number of likely N-dealkylation sites (N-methyl/N-ethyl adjacent to an activating group) is 1. The van der Waals surface area contributed by atoms with Crippen molar-refractivity contribution in [3.8, 4) is 0 Å². The SMILES string of the molecule is C=CCN(CC)S(=O)(=O)c1ccc(CN)cn1. The first kappa shape index (κ1) is 13.8. The lowest BCUT2D eigenvalue weighted by Gasteiger charge is -2.17. The minimum atomic E-state index is -3.53. The molecule has 0 aromatic carbocycles. The van der Waals surface area contributed by atoms with Crippen LogP contribution in [0.15, 0.2) is 36.0 Å². The quantitative estimate of drug-likeness (QED) is 0.761. The molecule has 1 heterocycles. The summed E-state index contributed by atoms with van der Waals surface area (Å²) in [5.41, 5.74) is 6.23. The average molecular weight is 255 g/mol. The largest absolute Gasteiger partial charge is 0.326 e. The molecule has 0 fully saturated rings. The summed E-state index contributed by atoms with van der Waals surface area (Å²) in [5, 5.41) is 0.0402. The minimum absolute atomic E-state index is 0.0402. The van der Waals surface area contributed by atoms with E-state index in [0.29, 0.717) is 13.1 Å². The van der Waals surface area contributed by atoms with Gasteiger partial charge in [-0.2, -0.15) is 4.31 Å². The molecule has 17 heavy (non-hydrogen) atoms. The van der Waals surface area contributed by atoms with Crippen LogP contribution in [0.5, 0.6) is 0 Å². The standard InChI is InChI=1S/C11H17N3O2S/c1-3-7-14(4-2)17(15,16)11-6-5-10(8-12)9-13-11/h3,5-6,9H,1,4,7-8,12H2,2H3. The highest BCUT2D eigenvalue weighted by Gasteiger charge is 2.22. The maximum absolute atomic E-state index is 12.1. The number of hydrogen-bond acceptors (Lipinski definition) is 4. The van der Waals surface area contributed by atoms with Gasteiger partial charge in [-0.05, 0) is 11.6 Å². The smallest absolute Gasteiger partial charge is 0.260 e. The molecular formula is C11H17N3O2S. The number of nitrogens with two attached hydrogens (primary N) is 1. The molecule has 0 radical (unpaired) electrons. The van der Waals surface area contributed by atoms with Crippen molar-refractivity contribution in [3.63, 3.8) is 0 Å². The molecule has 0 unspecified atom stereocenters. The third-order valence-corrected chi connectivity index (χ3v) is 4.18. The number of aromatic nitrogens is 1. The Labute approximate surface area is 102 Å². The fraction of sp³-hybridized carbons (Fsp3) is 0.364. The van der Waals surface area contributed by atoms with E-state index in [4.69, 9.17) is 5.73 Å². The predicted molar refractivity (Wildman–Crippen MR) is 66.8 cm³/mol. The van der Waals surface area contributed by atoms with Gasteiger partial charge >= 0.3 is 0 Å². The van der Waals surface area contributed by atoms with E-state index in [1.54, 1.807) is 19.1 Å². The monoisotopic (exact) mass is 255 g/mol. The van der Waals surface area contributed by atoms with Crippen LogP contribution in [0.1, 0.15) is 12.5 Å². The Balaban J connectivity index is 3.06. The Bertz CT molecular complexity index is 468. The van der Waals surface area contributed by atoms with Crippen LogP contribution >= 0.6 is 0 Å².